The number of aromatic carboxylic acids is 1. The molecule has 3 nitrogen and oxygen atoms in total. The van der Waals surface area contributed by atoms with E-state index >= 15 is 0 Å². The van der Waals surface area contributed by atoms with Gasteiger partial charge in [0, 0.05) is 16.7 Å². The lowest BCUT2D eigenvalue weighted by Crippen LogP contribution is -2.08. The highest BCUT2D eigenvalue weighted by Crippen LogP contribution is 2.29. The predicted octanol–water partition coefficient (Wildman–Crippen LogP) is 4.28. The molecule has 0 saturated carbocycles. The van der Waals surface area contributed by atoms with Crippen molar-refractivity contribution in [1.29, 1.82) is 0 Å². The smallest absolute Gasteiger partial charge is 0.336 e. The van der Waals surface area contributed by atoms with Crippen LogP contribution in [0.25, 0.3) is 11.1 Å². The lowest BCUT2D eigenvalue weighted by atomic mass is 9.90. The zero-order chi connectivity index (χ0) is 16.2. The molecule has 0 aromatic heterocycles. The molecule has 0 atom stereocenters. The van der Waals surface area contributed by atoms with Gasteiger partial charge in [-0.15, -0.1) is 0 Å². The van der Waals surface area contributed by atoms with Gasteiger partial charge in [0.15, 0.2) is 5.78 Å². The first-order chi connectivity index (χ1) is 11.2. The molecule has 3 heteroatoms. The average molecular weight is 302 g/mol. The quantitative estimate of drug-likeness (QED) is 0.732. The summed E-state index contributed by atoms with van der Waals surface area (Å²) in [6.07, 6.45) is 0. The van der Waals surface area contributed by atoms with Crippen LogP contribution in [-0.2, 0) is 0 Å². The molecule has 0 spiro atoms. The second kappa shape index (κ2) is 6.28. The van der Waals surface area contributed by atoms with Crippen molar-refractivity contribution in [2.75, 3.05) is 0 Å². The second-order valence-electron chi connectivity index (χ2n) is 5.09. The molecule has 0 aliphatic carbocycles. The van der Waals surface area contributed by atoms with Crippen molar-refractivity contribution < 1.29 is 14.7 Å². The molecular formula is C20H14O3. The highest BCUT2D eigenvalue weighted by Gasteiger charge is 2.20. The number of benzene rings is 3. The van der Waals surface area contributed by atoms with Crippen LogP contribution < -0.4 is 0 Å². The number of carboxylic acid groups (broad SMARTS) is 1. The summed E-state index contributed by atoms with van der Waals surface area (Å²) < 4.78 is 0. The monoisotopic (exact) mass is 302 g/mol. The summed E-state index contributed by atoms with van der Waals surface area (Å²) >= 11 is 0. The van der Waals surface area contributed by atoms with Crippen LogP contribution in [0.15, 0.2) is 78.9 Å². The molecule has 112 valence electrons. The number of carboxylic acids is 1. The van der Waals surface area contributed by atoms with E-state index in [0.717, 1.165) is 0 Å². The Morgan fingerprint density at radius 2 is 1.22 bits per heavy atom. The fourth-order valence-corrected chi connectivity index (χ4v) is 2.58. The first kappa shape index (κ1) is 14.7. The molecule has 0 aliphatic rings. The highest BCUT2D eigenvalue weighted by atomic mass is 16.4. The van der Waals surface area contributed by atoms with E-state index < -0.39 is 5.97 Å². The maximum atomic E-state index is 12.8. The lowest BCUT2D eigenvalue weighted by molar-refractivity contribution is 0.0697. The van der Waals surface area contributed by atoms with E-state index in [1.807, 2.05) is 36.4 Å². The summed E-state index contributed by atoms with van der Waals surface area (Å²) in [6.45, 7) is 0. The summed E-state index contributed by atoms with van der Waals surface area (Å²) in [5, 5.41) is 9.49. The van der Waals surface area contributed by atoms with Gasteiger partial charge in [-0.1, -0.05) is 72.8 Å². The fraction of sp³-hybridized carbons (Fsp3) is 0. The van der Waals surface area contributed by atoms with Crippen LogP contribution in [0.2, 0.25) is 0 Å². The third kappa shape index (κ3) is 2.90. The van der Waals surface area contributed by atoms with Crippen LogP contribution in [0, 0.1) is 0 Å². The lowest BCUT2D eigenvalue weighted by Gasteiger charge is -2.12. The van der Waals surface area contributed by atoms with Crippen molar-refractivity contribution in [3.05, 3.63) is 95.6 Å². The van der Waals surface area contributed by atoms with E-state index in [9.17, 15) is 14.7 Å². The van der Waals surface area contributed by atoms with Crippen molar-refractivity contribution in [3.8, 4) is 11.1 Å². The normalized spacial score (nSPS) is 10.3. The Bertz CT molecular complexity index is 853. The Hall–Kier alpha value is -3.20. The standard InChI is InChI=1S/C20H14O3/c21-19(15-10-5-2-6-11-15)16-12-7-13-17(20(22)23)18(16)14-8-3-1-4-9-14/h1-13H,(H,22,23). The van der Waals surface area contributed by atoms with Crippen LogP contribution in [0.4, 0.5) is 0 Å². The van der Waals surface area contributed by atoms with Gasteiger partial charge in [0.25, 0.3) is 0 Å². The van der Waals surface area contributed by atoms with E-state index in [1.54, 1.807) is 36.4 Å². The Morgan fingerprint density at radius 1 is 0.652 bits per heavy atom. The van der Waals surface area contributed by atoms with Gasteiger partial charge in [0.2, 0.25) is 0 Å². The van der Waals surface area contributed by atoms with Crippen molar-refractivity contribution in [2.24, 2.45) is 0 Å². The first-order valence-electron chi connectivity index (χ1n) is 7.20. The molecule has 0 bridgehead atoms. The number of carbonyl (C=O) groups excluding carboxylic acids is 1. The van der Waals surface area contributed by atoms with E-state index in [0.29, 0.717) is 22.3 Å². The van der Waals surface area contributed by atoms with E-state index in [2.05, 4.69) is 0 Å². The molecule has 23 heavy (non-hydrogen) atoms. The Morgan fingerprint density at radius 3 is 1.83 bits per heavy atom. The molecule has 0 amide bonds. The number of ketones is 1. The minimum absolute atomic E-state index is 0.123. The largest absolute Gasteiger partial charge is 0.478 e. The second-order valence-corrected chi connectivity index (χ2v) is 5.09. The third-order valence-corrected chi connectivity index (χ3v) is 3.64. The minimum Gasteiger partial charge on any atom is -0.478 e. The van der Waals surface area contributed by atoms with E-state index in [-0.39, 0.29) is 11.3 Å². The van der Waals surface area contributed by atoms with Gasteiger partial charge in [-0.3, -0.25) is 4.79 Å². The average Bonchev–Trinajstić information content (AvgIpc) is 2.62. The van der Waals surface area contributed by atoms with E-state index in [4.69, 9.17) is 0 Å². The topological polar surface area (TPSA) is 54.4 Å². The fourth-order valence-electron chi connectivity index (χ4n) is 2.58. The van der Waals surface area contributed by atoms with Crippen molar-refractivity contribution >= 4 is 11.8 Å². The summed E-state index contributed by atoms with van der Waals surface area (Å²) in [7, 11) is 0. The van der Waals surface area contributed by atoms with Gasteiger partial charge in [0.1, 0.15) is 0 Å². The van der Waals surface area contributed by atoms with Crippen molar-refractivity contribution in [1.82, 2.24) is 0 Å². The van der Waals surface area contributed by atoms with Crippen LogP contribution >= 0.6 is 0 Å². The Balaban J connectivity index is 2.24. The Labute approximate surface area is 133 Å². The van der Waals surface area contributed by atoms with Gasteiger partial charge in [-0.05, 0) is 11.6 Å². The van der Waals surface area contributed by atoms with Gasteiger partial charge < -0.3 is 5.11 Å². The predicted molar refractivity (Wildman–Crippen MR) is 88.7 cm³/mol. The third-order valence-electron chi connectivity index (χ3n) is 3.64. The summed E-state index contributed by atoms with van der Waals surface area (Å²) in [5.74, 6) is -1.24. The van der Waals surface area contributed by atoms with Gasteiger partial charge in [-0.2, -0.15) is 0 Å². The molecule has 0 fully saturated rings. The van der Waals surface area contributed by atoms with Crippen LogP contribution in [0.3, 0.4) is 0 Å². The van der Waals surface area contributed by atoms with Gasteiger partial charge in [-0.25, -0.2) is 4.79 Å². The maximum Gasteiger partial charge on any atom is 0.336 e. The molecule has 0 radical (unpaired) electrons. The van der Waals surface area contributed by atoms with Gasteiger partial charge >= 0.3 is 5.97 Å². The summed E-state index contributed by atoms with van der Waals surface area (Å²) in [4.78, 5) is 24.4. The number of carbonyl (C=O) groups is 2. The zero-order valence-electron chi connectivity index (χ0n) is 12.3. The molecule has 3 aromatic carbocycles. The SMILES string of the molecule is O=C(O)c1cccc(C(=O)c2ccccc2)c1-c1ccccc1. The van der Waals surface area contributed by atoms with Crippen LogP contribution in [0.5, 0.6) is 0 Å². The van der Waals surface area contributed by atoms with Crippen molar-refractivity contribution in [3.63, 3.8) is 0 Å². The number of hydrogen-bond donors (Lipinski definition) is 1. The van der Waals surface area contributed by atoms with Crippen LogP contribution in [0.1, 0.15) is 26.3 Å². The number of hydrogen-bond acceptors (Lipinski definition) is 2. The van der Waals surface area contributed by atoms with E-state index in [1.165, 1.54) is 6.07 Å². The molecule has 0 aliphatic heterocycles. The van der Waals surface area contributed by atoms with Gasteiger partial charge in [0.05, 0.1) is 5.56 Å². The molecule has 0 unspecified atom stereocenters. The Kier molecular flexibility index (Phi) is 4.02. The zero-order valence-corrected chi connectivity index (χ0v) is 12.3. The molecule has 3 aromatic rings. The molecular weight excluding hydrogens is 288 g/mol. The van der Waals surface area contributed by atoms with Crippen molar-refractivity contribution in [2.45, 2.75) is 0 Å². The first-order valence-corrected chi connectivity index (χ1v) is 7.20. The summed E-state index contributed by atoms with van der Waals surface area (Å²) in [6, 6.07) is 22.8. The maximum absolute atomic E-state index is 12.8. The number of rotatable bonds is 4. The molecule has 0 saturated heterocycles. The molecule has 3 rings (SSSR count). The highest BCUT2D eigenvalue weighted by molar-refractivity contribution is 6.15. The molecule has 1 N–H and O–H groups in total. The van der Waals surface area contributed by atoms with Crippen LogP contribution in [-0.4, -0.2) is 16.9 Å². The minimum atomic E-state index is -1.05. The summed E-state index contributed by atoms with van der Waals surface area (Å²) in [5.41, 5.74) is 2.21. The molecule has 0 heterocycles.